The molecule has 1 aliphatic heterocycles. The normalized spacial score (nSPS) is 20.7. The van der Waals surface area contributed by atoms with Gasteiger partial charge in [0.05, 0.1) is 33.7 Å². The van der Waals surface area contributed by atoms with Crippen LogP contribution >= 0.6 is 0 Å². The Morgan fingerprint density at radius 2 is 1.42 bits per heavy atom. The summed E-state index contributed by atoms with van der Waals surface area (Å²) in [4.78, 5) is 28.2. The molecule has 2 heterocycles. The maximum Gasteiger partial charge on any atom is 0.330 e. The van der Waals surface area contributed by atoms with Gasteiger partial charge in [-0.05, 0) is 66.0 Å². The zero-order valence-electron chi connectivity index (χ0n) is 32.8. The number of aryl methyl sites for hydroxylation is 1. The SMILES string of the molecule is COc1ccc(C(OC[C@H]2O[C@@H](n3cc(C)c(=O)[nH]c3=O)[C@@](O)(CCOS(C)(=O)=O)[C@@H]2O[Si](C)(C)C(C)(C)C)(c2ccccc2)c2ccc(OC)cc2)cc1. The number of H-pyrrole nitrogens is 1. The van der Waals surface area contributed by atoms with Crippen LogP contribution < -0.4 is 20.7 Å². The highest BCUT2D eigenvalue weighted by molar-refractivity contribution is 7.85. The predicted molar refractivity (Wildman–Crippen MR) is 211 cm³/mol. The van der Waals surface area contributed by atoms with E-state index in [1.54, 1.807) is 14.2 Å². The van der Waals surface area contributed by atoms with E-state index in [-0.39, 0.29) is 23.6 Å². The van der Waals surface area contributed by atoms with Crippen molar-refractivity contribution in [2.24, 2.45) is 0 Å². The number of hydrogen-bond acceptors (Lipinski definition) is 11. The molecule has 0 bridgehead atoms. The van der Waals surface area contributed by atoms with Crippen LogP contribution in [0.25, 0.3) is 0 Å². The van der Waals surface area contributed by atoms with Crippen molar-refractivity contribution in [1.82, 2.24) is 9.55 Å². The molecule has 0 amide bonds. The molecule has 13 nitrogen and oxygen atoms in total. The van der Waals surface area contributed by atoms with Crippen LogP contribution in [0.1, 0.15) is 55.7 Å². The van der Waals surface area contributed by atoms with Gasteiger partial charge < -0.3 is 28.5 Å². The van der Waals surface area contributed by atoms with Gasteiger partial charge in [-0.2, -0.15) is 8.42 Å². The van der Waals surface area contributed by atoms with Gasteiger partial charge in [0.2, 0.25) is 0 Å². The maximum atomic E-state index is 13.4. The van der Waals surface area contributed by atoms with Crippen molar-refractivity contribution in [3.63, 3.8) is 0 Å². The van der Waals surface area contributed by atoms with Gasteiger partial charge in [0.1, 0.15) is 34.9 Å². The molecule has 0 unspecified atom stereocenters. The summed E-state index contributed by atoms with van der Waals surface area (Å²) in [7, 11) is -3.48. The molecule has 1 aromatic heterocycles. The fraction of sp³-hybridized carbons (Fsp3) is 0.450. The Morgan fingerprint density at radius 3 is 1.91 bits per heavy atom. The highest BCUT2D eigenvalue weighted by Crippen LogP contribution is 2.48. The van der Waals surface area contributed by atoms with Crippen LogP contribution in [0.4, 0.5) is 0 Å². The van der Waals surface area contributed by atoms with Crippen molar-refractivity contribution in [3.05, 3.63) is 128 Å². The molecule has 3 aromatic carbocycles. The predicted octanol–water partition coefficient (Wildman–Crippen LogP) is 5.26. The zero-order chi connectivity index (χ0) is 40.4. The van der Waals surface area contributed by atoms with E-state index in [4.69, 9.17) is 27.6 Å². The van der Waals surface area contributed by atoms with E-state index in [9.17, 15) is 23.1 Å². The van der Waals surface area contributed by atoms with E-state index in [1.165, 1.54) is 13.1 Å². The van der Waals surface area contributed by atoms with Crippen molar-refractivity contribution in [2.45, 2.75) is 81.9 Å². The molecule has 0 saturated carbocycles. The zero-order valence-corrected chi connectivity index (χ0v) is 34.6. The molecule has 2 N–H and O–H groups in total. The molecule has 15 heteroatoms. The van der Waals surface area contributed by atoms with Crippen LogP contribution in [-0.2, 0) is 33.8 Å². The lowest BCUT2D eigenvalue weighted by Crippen LogP contribution is -2.56. The van der Waals surface area contributed by atoms with Gasteiger partial charge in [-0.25, -0.2) is 4.79 Å². The Labute approximate surface area is 323 Å². The molecule has 5 rings (SSSR count). The summed E-state index contributed by atoms with van der Waals surface area (Å²) in [5, 5.41) is 12.6. The minimum Gasteiger partial charge on any atom is -0.497 e. The summed E-state index contributed by atoms with van der Waals surface area (Å²) < 4.78 is 62.4. The number of nitrogens with one attached hydrogen (secondary N) is 1. The number of rotatable bonds is 15. The number of nitrogens with zero attached hydrogens (tertiary/aromatic N) is 1. The van der Waals surface area contributed by atoms with E-state index in [1.807, 2.05) is 113 Å². The molecule has 4 aromatic rings. The topological polar surface area (TPSA) is 165 Å². The summed E-state index contributed by atoms with van der Waals surface area (Å²) in [5.41, 5.74) is -2.26. The largest absolute Gasteiger partial charge is 0.497 e. The lowest BCUT2D eigenvalue weighted by Gasteiger charge is -2.44. The van der Waals surface area contributed by atoms with Crippen LogP contribution in [0.15, 0.2) is 94.6 Å². The molecule has 298 valence electrons. The summed E-state index contributed by atoms with van der Waals surface area (Å²) in [5.74, 6) is 1.29. The van der Waals surface area contributed by atoms with E-state index in [0.29, 0.717) is 11.5 Å². The van der Waals surface area contributed by atoms with E-state index in [0.717, 1.165) is 27.5 Å². The Kier molecular flexibility index (Phi) is 12.4. The molecular weight excluding hydrogens is 745 g/mol. The minimum atomic E-state index is -3.91. The van der Waals surface area contributed by atoms with Crippen molar-refractivity contribution < 1.29 is 41.1 Å². The van der Waals surface area contributed by atoms with Crippen molar-refractivity contribution in [2.75, 3.05) is 33.7 Å². The number of benzene rings is 3. The summed E-state index contributed by atoms with van der Waals surface area (Å²) in [6.45, 7) is 11.1. The third kappa shape index (κ3) is 8.83. The molecule has 55 heavy (non-hydrogen) atoms. The first-order valence-electron chi connectivity index (χ1n) is 18.0. The number of aromatic amines is 1. The molecule has 0 aliphatic carbocycles. The lowest BCUT2D eigenvalue weighted by molar-refractivity contribution is -0.120. The molecule has 1 aliphatic rings. The lowest BCUT2D eigenvalue weighted by atomic mass is 9.80. The van der Waals surface area contributed by atoms with Gasteiger partial charge in [-0.3, -0.25) is 18.5 Å². The highest BCUT2D eigenvalue weighted by atomic mass is 32.2. The van der Waals surface area contributed by atoms with Crippen LogP contribution in [-0.4, -0.2) is 82.9 Å². The Bertz CT molecular complexity index is 2100. The number of aromatic nitrogens is 2. The average Bonchev–Trinajstić information content (AvgIpc) is 3.39. The van der Waals surface area contributed by atoms with Crippen molar-refractivity contribution >= 4 is 18.4 Å². The standard InChI is InChI=1S/C40H52N2O11SSi/c1-27-25-42(37(44)41-35(27)43)36-39(45,23-24-51-54(7,46)47)34(53-55(8,9)38(2,3)4)33(52-36)26-50-40(28-13-11-10-12-14-28,29-15-19-31(48-5)20-16-29)30-17-21-32(49-6)22-18-30/h10-22,25,33-34,36,45H,23-24,26H2,1-9H3,(H,41,43,44)/t33-,34-,36-,39-/m1/s1. The van der Waals surface area contributed by atoms with Gasteiger partial charge in [0, 0.05) is 18.2 Å². The molecule has 0 spiro atoms. The third-order valence-corrected chi connectivity index (χ3v) is 15.7. The van der Waals surface area contributed by atoms with E-state index < -0.39 is 65.9 Å². The Balaban J connectivity index is 1.71. The van der Waals surface area contributed by atoms with Crippen molar-refractivity contribution in [1.29, 1.82) is 0 Å². The molecule has 0 radical (unpaired) electrons. The average molecular weight is 797 g/mol. The first kappa shape index (κ1) is 42.1. The highest BCUT2D eigenvalue weighted by Gasteiger charge is 2.60. The van der Waals surface area contributed by atoms with Gasteiger partial charge in [0.25, 0.3) is 15.7 Å². The van der Waals surface area contributed by atoms with Gasteiger partial charge >= 0.3 is 5.69 Å². The van der Waals surface area contributed by atoms with E-state index >= 15 is 0 Å². The fourth-order valence-electron chi connectivity index (χ4n) is 6.59. The Morgan fingerprint density at radius 1 is 0.891 bits per heavy atom. The van der Waals surface area contributed by atoms with Gasteiger partial charge in [0.15, 0.2) is 14.5 Å². The Hall–Kier alpha value is -4.09. The smallest absolute Gasteiger partial charge is 0.330 e. The van der Waals surface area contributed by atoms with Gasteiger partial charge in [-0.15, -0.1) is 0 Å². The fourth-order valence-corrected chi connectivity index (χ4v) is 8.32. The van der Waals surface area contributed by atoms with Crippen LogP contribution in [0, 0.1) is 6.92 Å². The third-order valence-electron chi connectivity index (χ3n) is 10.6. The number of ether oxygens (including phenoxy) is 4. The van der Waals surface area contributed by atoms with Crippen LogP contribution in [0.5, 0.6) is 11.5 Å². The first-order valence-corrected chi connectivity index (χ1v) is 22.7. The summed E-state index contributed by atoms with van der Waals surface area (Å²) in [6.07, 6.45) is -1.75. The summed E-state index contributed by atoms with van der Waals surface area (Å²) in [6, 6.07) is 24.7. The van der Waals surface area contributed by atoms with Crippen molar-refractivity contribution in [3.8, 4) is 11.5 Å². The minimum absolute atomic E-state index is 0.185. The maximum absolute atomic E-state index is 13.4. The second-order valence-corrected chi connectivity index (χ2v) is 21.8. The molecular formula is C40H52N2O11SSi. The molecule has 1 fully saturated rings. The second-order valence-electron chi connectivity index (χ2n) is 15.4. The quantitative estimate of drug-likeness (QED) is 0.0917. The van der Waals surface area contributed by atoms with Gasteiger partial charge in [-0.1, -0.05) is 75.4 Å². The van der Waals surface area contributed by atoms with Crippen LogP contribution in [0.3, 0.4) is 0 Å². The number of hydrogen-bond donors (Lipinski definition) is 2. The molecule has 1 saturated heterocycles. The first-order chi connectivity index (χ1) is 25.8. The molecule has 4 atom stereocenters. The number of methoxy groups -OCH3 is 2. The van der Waals surface area contributed by atoms with E-state index in [2.05, 4.69) is 4.98 Å². The second kappa shape index (κ2) is 16.2. The van der Waals surface area contributed by atoms with Crippen LogP contribution in [0.2, 0.25) is 18.1 Å². The monoisotopic (exact) mass is 796 g/mol. The number of aliphatic hydroxyl groups is 1. The summed E-state index contributed by atoms with van der Waals surface area (Å²) >= 11 is 0.